The first-order valence-electron chi connectivity index (χ1n) is 8.44. The molecule has 3 aromatic rings. The molecule has 0 amide bonds. The number of hydrogen-bond donors (Lipinski definition) is 2. The highest BCUT2D eigenvalue weighted by Crippen LogP contribution is 2.34. The van der Waals surface area contributed by atoms with Gasteiger partial charge < -0.3 is 14.9 Å². The van der Waals surface area contributed by atoms with Gasteiger partial charge in [0.2, 0.25) is 0 Å². The van der Waals surface area contributed by atoms with Gasteiger partial charge in [0, 0.05) is 0 Å². The lowest BCUT2D eigenvalue weighted by Crippen LogP contribution is -1.94. The van der Waals surface area contributed by atoms with Gasteiger partial charge in [0.15, 0.2) is 0 Å². The van der Waals surface area contributed by atoms with Gasteiger partial charge in [-0.3, -0.25) is 0 Å². The van der Waals surface area contributed by atoms with Crippen LogP contribution < -0.4 is 4.74 Å². The quantitative estimate of drug-likeness (QED) is 0.622. The first-order chi connectivity index (χ1) is 12.5. The van der Waals surface area contributed by atoms with E-state index >= 15 is 0 Å². The second-order valence-electron chi connectivity index (χ2n) is 6.28. The maximum absolute atomic E-state index is 9.63. The molecule has 0 aliphatic rings. The van der Waals surface area contributed by atoms with E-state index in [0.29, 0.717) is 0 Å². The van der Waals surface area contributed by atoms with Gasteiger partial charge in [0.1, 0.15) is 17.2 Å². The lowest BCUT2D eigenvalue weighted by atomic mass is 9.90. The number of methoxy groups -OCH3 is 1. The molecule has 3 rings (SSSR count). The van der Waals surface area contributed by atoms with E-state index in [1.165, 1.54) is 0 Å². The Bertz CT molecular complexity index is 889. The molecule has 0 unspecified atom stereocenters. The molecule has 0 saturated carbocycles. The van der Waals surface area contributed by atoms with E-state index in [-0.39, 0.29) is 11.5 Å². The molecule has 3 aromatic carbocycles. The highest BCUT2D eigenvalue weighted by molar-refractivity contribution is 5.98. The minimum atomic E-state index is 0.233. The van der Waals surface area contributed by atoms with Gasteiger partial charge in [-0.15, -0.1) is 0 Å². The van der Waals surface area contributed by atoms with Crippen molar-refractivity contribution in [1.82, 2.24) is 0 Å². The summed E-state index contributed by atoms with van der Waals surface area (Å²) < 4.78 is 5.36. The molecule has 3 nitrogen and oxygen atoms in total. The van der Waals surface area contributed by atoms with Crippen molar-refractivity contribution in [2.45, 2.75) is 13.8 Å². The number of phenols is 2. The number of phenolic OH excluding ortho intramolecular Hbond substituents is 2. The van der Waals surface area contributed by atoms with Gasteiger partial charge in [-0.1, -0.05) is 30.3 Å². The van der Waals surface area contributed by atoms with Crippen molar-refractivity contribution in [1.29, 1.82) is 0 Å². The fourth-order valence-corrected chi connectivity index (χ4v) is 3.11. The molecule has 132 valence electrons. The lowest BCUT2D eigenvalue weighted by molar-refractivity contribution is 0.411. The van der Waals surface area contributed by atoms with Gasteiger partial charge in [-0.2, -0.15) is 0 Å². The van der Waals surface area contributed by atoms with Crippen LogP contribution in [0.2, 0.25) is 0 Å². The Morgan fingerprint density at radius 1 is 0.731 bits per heavy atom. The third-order valence-corrected chi connectivity index (χ3v) is 4.51. The van der Waals surface area contributed by atoms with Crippen LogP contribution in [-0.2, 0) is 0 Å². The Labute approximate surface area is 153 Å². The Morgan fingerprint density at radius 2 is 1.19 bits per heavy atom. The van der Waals surface area contributed by atoms with Crippen molar-refractivity contribution in [2.24, 2.45) is 0 Å². The van der Waals surface area contributed by atoms with E-state index in [1.807, 2.05) is 43.3 Å². The van der Waals surface area contributed by atoms with Crippen molar-refractivity contribution in [2.75, 3.05) is 7.11 Å². The Hall–Kier alpha value is -3.20. The fraction of sp³-hybridized carbons (Fsp3) is 0.130. The Kier molecular flexibility index (Phi) is 4.99. The summed E-state index contributed by atoms with van der Waals surface area (Å²) in [5, 5.41) is 19.3. The number of benzene rings is 3. The summed E-state index contributed by atoms with van der Waals surface area (Å²) in [4.78, 5) is 0. The van der Waals surface area contributed by atoms with Crippen LogP contribution in [0.1, 0.15) is 29.2 Å². The van der Waals surface area contributed by atoms with E-state index in [2.05, 4.69) is 13.0 Å². The maximum atomic E-state index is 9.63. The molecule has 26 heavy (non-hydrogen) atoms. The number of hydrogen-bond acceptors (Lipinski definition) is 3. The van der Waals surface area contributed by atoms with Crippen LogP contribution in [0.3, 0.4) is 0 Å². The number of ether oxygens (including phenoxy) is 1. The average Bonchev–Trinajstić information content (AvgIpc) is 2.65. The molecule has 0 fully saturated rings. The van der Waals surface area contributed by atoms with Gasteiger partial charge in [-0.05, 0) is 83.6 Å². The molecule has 0 radical (unpaired) electrons. The van der Waals surface area contributed by atoms with E-state index in [0.717, 1.165) is 39.1 Å². The number of aromatic hydroxyl groups is 2. The zero-order valence-corrected chi connectivity index (χ0v) is 15.2. The summed E-state index contributed by atoms with van der Waals surface area (Å²) in [7, 11) is 1.67. The Balaban J connectivity index is 2.21. The van der Waals surface area contributed by atoms with Gasteiger partial charge in [0.25, 0.3) is 0 Å². The zero-order chi connectivity index (χ0) is 18.7. The van der Waals surface area contributed by atoms with Gasteiger partial charge in [-0.25, -0.2) is 0 Å². The number of allylic oxidation sites excluding steroid dienone is 1. The zero-order valence-electron chi connectivity index (χ0n) is 15.2. The van der Waals surface area contributed by atoms with E-state index in [1.54, 1.807) is 31.4 Å². The van der Waals surface area contributed by atoms with Gasteiger partial charge >= 0.3 is 0 Å². The molecule has 0 bridgehead atoms. The van der Waals surface area contributed by atoms with E-state index in [4.69, 9.17) is 4.74 Å². The molecular formula is C23H22O3. The van der Waals surface area contributed by atoms with Crippen molar-refractivity contribution < 1.29 is 14.9 Å². The molecule has 0 aromatic heterocycles. The third kappa shape index (κ3) is 3.57. The first kappa shape index (κ1) is 17.6. The molecule has 0 aliphatic carbocycles. The summed E-state index contributed by atoms with van der Waals surface area (Å²) in [6.07, 6.45) is 0. The fourth-order valence-electron chi connectivity index (χ4n) is 3.11. The third-order valence-electron chi connectivity index (χ3n) is 4.51. The van der Waals surface area contributed by atoms with E-state index < -0.39 is 0 Å². The van der Waals surface area contributed by atoms with Crippen molar-refractivity contribution in [3.05, 3.63) is 89.0 Å². The second-order valence-corrected chi connectivity index (χ2v) is 6.28. The minimum Gasteiger partial charge on any atom is -0.508 e. The van der Waals surface area contributed by atoms with Crippen molar-refractivity contribution >= 4 is 11.1 Å². The molecular weight excluding hydrogens is 324 g/mol. The highest BCUT2D eigenvalue weighted by Gasteiger charge is 2.12. The summed E-state index contributed by atoms with van der Waals surface area (Å²) in [6, 6.07) is 20.5. The van der Waals surface area contributed by atoms with Crippen LogP contribution in [0, 0.1) is 6.92 Å². The largest absolute Gasteiger partial charge is 0.508 e. The number of aryl methyl sites for hydroxylation is 1. The monoisotopic (exact) mass is 346 g/mol. The summed E-state index contributed by atoms with van der Waals surface area (Å²) >= 11 is 0. The van der Waals surface area contributed by atoms with E-state index in [9.17, 15) is 10.2 Å². The molecule has 0 aliphatic heterocycles. The standard InChI is InChI=1S/C23H22O3/c1-15-14-19(8-13-22(15)26-3)16(2)23(17-4-9-20(24)10-5-17)18-6-11-21(25)12-7-18/h4-14,24-25H,1-3H3. The smallest absolute Gasteiger partial charge is 0.121 e. The summed E-state index contributed by atoms with van der Waals surface area (Å²) in [5.41, 5.74) is 6.32. The van der Waals surface area contributed by atoms with Crippen molar-refractivity contribution in [3.63, 3.8) is 0 Å². The second kappa shape index (κ2) is 7.36. The highest BCUT2D eigenvalue weighted by atomic mass is 16.5. The van der Waals surface area contributed by atoms with Crippen LogP contribution in [0.15, 0.2) is 66.7 Å². The van der Waals surface area contributed by atoms with Crippen LogP contribution in [-0.4, -0.2) is 17.3 Å². The predicted octanol–water partition coefficient (Wildman–Crippen LogP) is 5.39. The molecule has 0 saturated heterocycles. The van der Waals surface area contributed by atoms with Gasteiger partial charge in [0.05, 0.1) is 7.11 Å². The predicted molar refractivity (Wildman–Crippen MR) is 106 cm³/mol. The molecule has 0 atom stereocenters. The average molecular weight is 346 g/mol. The SMILES string of the molecule is COc1ccc(C(C)=C(c2ccc(O)cc2)c2ccc(O)cc2)cc1C. The van der Waals surface area contributed by atoms with Crippen LogP contribution >= 0.6 is 0 Å². The molecule has 2 N–H and O–H groups in total. The molecule has 0 heterocycles. The molecule has 3 heteroatoms. The minimum absolute atomic E-state index is 0.233. The lowest BCUT2D eigenvalue weighted by Gasteiger charge is -2.15. The summed E-state index contributed by atoms with van der Waals surface area (Å²) in [6.45, 7) is 4.10. The molecule has 0 spiro atoms. The number of rotatable bonds is 4. The van der Waals surface area contributed by atoms with Crippen molar-refractivity contribution in [3.8, 4) is 17.2 Å². The topological polar surface area (TPSA) is 49.7 Å². The van der Waals surface area contributed by atoms with Crippen LogP contribution in [0.25, 0.3) is 11.1 Å². The normalized spacial score (nSPS) is 10.4. The first-order valence-corrected chi connectivity index (χ1v) is 8.44. The van der Waals surface area contributed by atoms with Crippen LogP contribution in [0.5, 0.6) is 17.2 Å². The van der Waals surface area contributed by atoms with Crippen LogP contribution in [0.4, 0.5) is 0 Å². The Morgan fingerprint density at radius 3 is 1.62 bits per heavy atom. The summed E-state index contributed by atoms with van der Waals surface area (Å²) in [5.74, 6) is 1.32. The maximum Gasteiger partial charge on any atom is 0.121 e.